The van der Waals surface area contributed by atoms with Crippen LogP contribution in [0.5, 0.6) is 0 Å². The molecule has 1 aromatic rings. The molecule has 0 saturated heterocycles. The van der Waals surface area contributed by atoms with Crippen LogP contribution in [0.1, 0.15) is 10.4 Å². The molecule has 0 fully saturated rings. The van der Waals surface area contributed by atoms with E-state index in [0.29, 0.717) is 5.56 Å². The van der Waals surface area contributed by atoms with E-state index in [1.807, 2.05) is 0 Å². The Bertz CT molecular complexity index is 484. The molecule has 0 unspecified atom stereocenters. The molecule has 1 amide bonds. The molecule has 2 N–H and O–H groups in total. The quantitative estimate of drug-likeness (QED) is 0.640. The maximum Gasteiger partial charge on any atom is 0.357 e. The molecule has 0 aliphatic rings. The zero-order valence-corrected chi connectivity index (χ0v) is 11.2. The summed E-state index contributed by atoms with van der Waals surface area (Å²) in [5.74, 6) is -1.46. The molecule has 0 aliphatic heterocycles. The number of benzene rings is 1. The van der Waals surface area contributed by atoms with Crippen molar-refractivity contribution >= 4 is 35.1 Å². The van der Waals surface area contributed by atoms with Gasteiger partial charge in [0.25, 0.3) is 5.91 Å². The SMILES string of the molecule is O=C(OCCO)C(NC(=O)c1ccccc1)=C(Cl)Cl. The molecule has 0 radical (unpaired) electrons. The summed E-state index contributed by atoms with van der Waals surface area (Å²) in [6, 6.07) is 8.22. The van der Waals surface area contributed by atoms with Gasteiger partial charge in [-0.3, -0.25) is 4.79 Å². The van der Waals surface area contributed by atoms with E-state index in [2.05, 4.69) is 10.1 Å². The molecule has 0 aromatic heterocycles. The second-order valence-electron chi connectivity index (χ2n) is 3.32. The second kappa shape index (κ2) is 7.78. The van der Waals surface area contributed by atoms with Gasteiger partial charge in [0.05, 0.1) is 6.61 Å². The Labute approximate surface area is 119 Å². The van der Waals surface area contributed by atoms with Gasteiger partial charge in [0, 0.05) is 5.56 Å². The number of ether oxygens (including phenoxy) is 1. The fourth-order valence-corrected chi connectivity index (χ4v) is 1.41. The number of carbonyl (C=O) groups is 2. The van der Waals surface area contributed by atoms with Gasteiger partial charge >= 0.3 is 5.97 Å². The summed E-state index contributed by atoms with van der Waals surface area (Å²) >= 11 is 11.0. The number of esters is 1. The summed E-state index contributed by atoms with van der Waals surface area (Å²) in [4.78, 5) is 23.4. The van der Waals surface area contributed by atoms with Crippen molar-refractivity contribution in [2.24, 2.45) is 0 Å². The van der Waals surface area contributed by atoms with Crippen LogP contribution < -0.4 is 5.32 Å². The fraction of sp³-hybridized carbons (Fsp3) is 0.167. The highest BCUT2D eigenvalue weighted by molar-refractivity contribution is 6.57. The maximum absolute atomic E-state index is 11.8. The third-order valence-electron chi connectivity index (χ3n) is 1.99. The molecule has 0 bridgehead atoms. The number of carbonyl (C=O) groups excluding carboxylic acids is 2. The monoisotopic (exact) mass is 303 g/mol. The van der Waals surface area contributed by atoms with Gasteiger partial charge in [0.15, 0.2) is 5.70 Å². The largest absolute Gasteiger partial charge is 0.459 e. The number of aliphatic hydroxyl groups is 1. The lowest BCUT2D eigenvalue weighted by Crippen LogP contribution is -2.29. The molecule has 0 atom stereocenters. The van der Waals surface area contributed by atoms with Gasteiger partial charge in [-0.1, -0.05) is 41.4 Å². The first-order chi connectivity index (χ1) is 9.06. The summed E-state index contributed by atoms with van der Waals surface area (Å²) < 4.78 is 4.20. The first-order valence-electron chi connectivity index (χ1n) is 5.26. The Morgan fingerprint density at radius 3 is 2.37 bits per heavy atom. The predicted octanol–water partition coefficient (Wildman–Crippen LogP) is 1.60. The minimum absolute atomic E-state index is 0.218. The van der Waals surface area contributed by atoms with Crippen molar-refractivity contribution in [2.75, 3.05) is 13.2 Å². The topological polar surface area (TPSA) is 75.6 Å². The van der Waals surface area contributed by atoms with Gasteiger partial charge < -0.3 is 15.2 Å². The fourth-order valence-electron chi connectivity index (χ4n) is 1.16. The number of hydrogen-bond acceptors (Lipinski definition) is 4. The van der Waals surface area contributed by atoms with Crippen LogP contribution in [0.25, 0.3) is 0 Å². The van der Waals surface area contributed by atoms with Gasteiger partial charge in [-0.25, -0.2) is 4.79 Å². The van der Waals surface area contributed by atoms with E-state index >= 15 is 0 Å². The van der Waals surface area contributed by atoms with Crippen LogP contribution in [0, 0.1) is 0 Å². The summed E-state index contributed by atoms with van der Waals surface area (Å²) in [5.41, 5.74) is -0.0322. The third kappa shape index (κ3) is 4.90. The van der Waals surface area contributed by atoms with Gasteiger partial charge in [-0.05, 0) is 12.1 Å². The Morgan fingerprint density at radius 2 is 1.84 bits per heavy atom. The van der Waals surface area contributed by atoms with E-state index in [4.69, 9.17) is 28.3 Å². The Balaban J connectivity index is 2.79. The predicted molar refractivity (Wildman–Crippen MR) is 70.7 cm³/mol. The molecule has 0 aliphatic carbocycles. The van der Waals surface area contributed by atoms with Gasteiger partial charge in [-0.2, -0.15) is 0 Å². The molecular formula is C12H11Cl2NO4. The lowest BCUT2D eigenvalue weighted by Gasteiger charge is -2.09. The van der Waals surface area contributed by atoms with E-state index in [-0.39, 0.29) is 18.9 Å². The molecule has 0 spiro atoms. The zero-order chi connectivity index (χ0) is 14.3. The number of aliphatic hydroxyl groups excluding tert-OH is 1. The normalized spacial score (nSPS) is 9.63. The Kier molecular flexibility index (Phi) is 6.35. The average Bonchev–Trinajstić information content (AvgIpc) is 2.42. The minimum Gasteiger partial charge on any atom is -0.459 e. The van der Waals surface area contributed by atoms with Gasteiger partial charge in [-0.15, -0.1) is 0 Å². The highest BCUT2D eigenvalue weighted by atomic mass is 35.5. The van der Waals surface area contributed by atoms with Crippen LogP contribution in [0.2, 0.25) is 0 Å². The maximum atomic E-state index is 11.8. The van der Waals surface area contributed by atoms with Crippen LogP contribution >= 0.6 is 23.2 Å². The van der Waals surface area contributed by atoms with Crippen molar-refractivity contribution in [3.63, 3.8) is 0 Å². The Morgan fingerprint density at radius 1 is 1.21 bits per heavy atom. The lowest BCUT2D eigenvalue weighted by molar-refractivity contribution is -0.140. The van der Waals surface area contributed by atoms with Crippen LogP contribution in [-0.4, -0.2) is 30.2 Å². The van der Waals surface area contributed by atoms with E-state index < -0.39 is 16.4 Å². The van der Waals surface area contributed by atoms with Crippen molar-refractivity contribution in [1.29, 1.82) is 0 Å². The van der Waals surface area contributed by atoms with Crippen LogP contribution in [0.4, 0.5) is 0 Å². The second-order valence-corrected chi connectivity index (χ2v) is 4.26. The molecule has 0 saturated carbocycles. The van der Waals surface area contributed by atoms with E-state index in [1.165, 1.54) is 0 Å². The van der Waals surface area contributed by atoms with Crippen molar-refractivity contribution in [3.05, 3.63) is 46.1 Å². The molecule has 19 heavy (non-hydrogen) atoms. The first-order valence-corrected chi connectivity index (χ1v) is 6.01. The highest BCUT2D eigenvalue weighted by Crippen LogP contribution is 2.14. The minimum atomic E-state index is -0.918. The van der Waals surface area contributed by atoms with Crippen LogP contribution in [-0.2, 0) is 9.53 Å². The van der Waals surface area contributed by atoms with Gasteiger partial charge in [0.1, 0.15) is 11.1 Å². The van der Waals surface area contributed by atoms with Crippen molar-refractivity contribution in [2.45, 2.75) is 0 Å². The van der Waals surface area contributed by atoms with E-state index in [0.717, 1.165) is 0 Å². The zero-order valence-electron chi connectivity index (χ0n) is 9.73. The highest BCUT2D eigenvalue weighted by Gasteiger charge is 2.18. The summed E-state index contributed by atoms with van der Waals surface area (Å²) in [6.07, 6.45) is 0. The molecule has 1 aromatic carbocycles. The number of rotatable bonds is 5. The molecular weight excluding hydrogens is 293 g/mol. The third-order valence-corrected chi connectivity index (χ3v) is 2.37. The molecule has 1 rings (SSSR count). The molecule has 0 heterocycles. The van der Waals surface area contributed by atoms with Crippen LogP contribution in [0.3, 0.4) is 0 Å². The number of amides is 1. The number of nitrogens with one attached hydrogen (secondary N) is 1. The number of hydrogen-bond donors (Lipinski definition) is 2. The van der Waals surface area contributed by atoms with E-state index in [9.17, 15) is 9.59 Å². The lowest BCUT2D eigenvalue weighted by atomic mass is 10.2. The van der Waals surface area contributed by atoms with Crippen molar-refractivity contribution < 1.29 is 19.4 Å². The smallest absolute Gasteiger partial charge is 0.357 e. The Hall–Kier alpha value is -1.56. The average molecular weight is 304 g/mol. The van der Waals surface area contributed by atoms with Crippen molar-refractivity contribution in [1.82, 2.24) is 5.32 Å². The van der Waals surface area contributed by atoms with E-state index in [1.54, 1.807) is 30.3 Å². The summed E-state index contributed by atoms with van der Waals surface area (Å²) in [5, 5.41) is 10.8. The first kappa shape index (κ1) is 15.5. The van der Waals surface area contributed by atoms with Crippen molar-refractivity contribution in [3.8, 4) is 0 Å². The van der Waals surface area contributed by atoms with Crippen LogP contribution in [0.15, 0.2) is 40.5 Å². The molecule has 7 heteroatoms. The van der Waals surface area contributed by atoms with Gasteiger partial charge in [0.2, 0.25) is 0 Å². The summed E-state index contributed by atoms with van der Waals surface area (Å²) in [7, 11) is 0. The molecule has 5 nitrogen and oxygen atoms in total. The number of halogens is 2. The molecule has 102 valence electrons. The summed E-state index contributed by atoms with van der Waals surface area (Å²) in [6.45, 7) is -0.559. The standard InChI is InChI=1S/C12H11Cl2NO4/c13-10(14)9(12(18)19-7-6-16)15-11(17)8-4-2-1-3-5-8/h1-5,16H,6-7H2,(H,15,17).